The number of hydrogen-bond donors (Lipinski definition) is 1. The van der Waals surface area contributed by atoms with E-state index in [1.165, 1.54) is 18.9 Å². The second-order valence-electron chi connectivity index (χ2n) is 6.78. The summed E-state index contributed by atoms with van der Waals surface area (Å²) in [6, 6.07) is 5.16. The van der Waals surface area contributed by atoms with Crippen LogP contribution in [0.15, 0.2) is 18.2 Å². The molecule has 2 fully saturated rings. The highest BCUT2D eigenvalue weighted by Crippen LogP contribution is 2.41. The smallest absolute Gasteiger partial charge is 0.123 e. The van der Waals surface area contributed by atoms with Crippen molar-refractivity contribution in [2.75, 3.05) is 13.1 Å². The lowest BCUT2D eigenvalue weighted by molar-refractivity contribution is 0.0665. The summed E-state index contributed by atoms with van der Waals surface area (Å²) in [5, 5.41) is 4.42. The molecular formula is C17H24ClFN2. The molecule has 0 radical (unpaired) electrons. The molecule has 1 heterocycles. The van der Waals surface area contributed by atoms with Gasteiger partial charge in [-0.25, -0.2) is 4.39 Å². The molecule has 21 heavy (non-hydrogen) atoms. The van der Waals surface area contributed by atoms with Crippen molar-refractivity contribution in [2.24, 2.45) is 5.92 Å². The van der Waals surface area contributed by atoms with Crippen LogP contribution in [0.1, 0.15) is 38.7 Å². The summed E-state index contributed by atoms with van der Waals surface area (Å²) in [6.07, 6.45) is 3.75. The van der Waals surface area contributed by atoms with Gasteiger partial charge in [0, 0.05) is 36.2 Å². The maximum atomic E-state index is 13.5. The Hall–Kier alpha value is -0.640. The molecule has 3 rings (SSSR count). The first-order chi connectivity index (χ1) is 10.0. The van der Waals surface area contributed by atoms with Gasteiger partial charge in [-0.2, -0.15) is 0 Å². The highest BCUT2D eigenvalue weighted by atomic mass is 35.5. The molecule has 0 bridgehead atoms. The lowest BCUT2D eigenvalue weighted by Crippen LogP contribution is -2.63. The molecule has 0 amide bonds. The fraction of sp³-hybridized carbons (Fsp3) is 0.647. The van der Waals surface area contributed by atoms with E-state index in [1.807, 2.05) is 0 Å². The topological polar surface area (TPSA) is 15.3 Å². The summed E-state index contributed by atoms with van der Waals surface area (Å²) >= 11 is 6.24. The van der Waals surface area contributed by atoms with E-state index in [2.05, 4.69) is 24.1 Å². The van der Waals surface area contributed by atoms with Crippen LogP contribution in [-0.2, 0) is 6.54 Å². The van der Waals surface area contributed by atoms with E-state index in [-0.39, 0.29) is 11.4 Å². The van der Waals surface area contributed by atoms with E-state index in [9.17, 15) is 4.39 Å². The first kappa shape index (κ1) is 15.3. The summed E-state index contributed by atoms with van der Waals surface area (Å²) in [5.74, 6) is 0.586. The molecule has 1 saturated heterocycles. The molecule has 2 nitrogen and oxygen atoms in total. The van der Waals surface area contributed by atoms with Crippen LogP contribution in [0.2, 0.25) is 5.02 Å². The van der Waals surface area contributed by atoms with Gasteiger partial charge in [0.05, 0.1) is 0 Å². The maximum Gasteiger partial charge on any atom is 0.123 e. The van der Waals surface area contributed by atoms with Crippen LogP contribution >= 0.6 is 11.6 Å². The average Bonchev–Trinajstić information content (AvgIpc) is 3.28. The number of piperazine rings is 1. The van der Waals surface area contributed by atoms with E-state index < -0.39 is 0 Å². The van der Waals surface area contributed by atoms with Crippen molar-refractivity contribution in [3.63, 3.8) is 0 Å². The first-order valence-electron chi connectivity index (χ1n) is 7.95. The number of nitrogens with one attached hydrogen (secondary N) is 1. The molecule has 1 N–H and O–H groups in total. The zero-order chi connectivity index (χ0) is 15.0. The Morgan fingerprint density at radius 2 is 2.19 bits per heavy atom. The highest BCUT2D eigenvalue weighted by molar-refractivity contribution is 6.31. The monoisotopic (exact) mass is 310 g/mol. The van der Waals surface area contributed by atoms with Crippen molar-refractivity contribution in [3.8, 4) is 0 Å². The van der Waals surface area contributed by atoms with Crippen molar-refractivity contribution in [3.05, 3.63) is 34.6 Å². The van der Waals surface area contributed by atoms with Crippen LogP contribution in [0.5, 0.6) is 0 Å². The van der Waals surface area contributed by atoms with E-state index in [4.69, 9.17) is 11.6 Å². The Morgan fingerprint density at radius 3 is 2.86 bits per heavy atom. The highest BCUT2D eigenvalue weighted by Gasteiger charge is 2.45. The molecule has 2 atom stereocenters. The molecule has 2 aliphatic rings. The van der Waals surface area contributed by atoms with E-state index in [0.29, 0.717) is 11.1 Å². The van der Waals surface area contributed by atoms with E-state index in [0.717, 1.165) is 37.5 Å². The van der Waals surface area contributed by atoms with Crippen LogP contribution in [0.25, 0.3) is 0 Å². The Bertz CT molecular complexity index is 518. The van der Waals surface area contributed by atoms with Gasteiger partial charge in [0.15, 0.2) is 0 Å². The van der Waals surface area contributed by atoms with Crippen LogP contribution < -0.4 is 5.32 Å². The summed E-state index contributed by atoms with van der Waals surface area (Å²) in [6.45, 7) is 7.31. The quantitative estimate of drug-likeness (QED) is 0.909. The zero-order valence-corrected chi connectivity index (χ0v) is 13.6. The minimum Gasteiger partial charge on any atom is -0.308 e. The predicted molar refractivity (Wildman–Crippen MR) is 85.0 cm³/mol. The van der Waals surface area contributed by atoms with Crippen molar-refractivity contribution < 1.29 is 4.39 Å². The van der Waals surface area contributed by atoms with Gasteiger partial charge in [-0.15, -0.1) is 0 Å². The predicted octanol–water partition coefficient (Wildman–Crippen LogP) is 3.83. The van der Waals surface area contributed by atoms with Gasteiger partial charge in [0.2, 0.25) is 0 Å². The molecule has 1 aromatic rings. The molecule has 2 unspecified atom stereocenters. The average molecular weight is 311 g/mol. The number of nitrogens with zero attached hydrogens (tertiary/aromatic N) is 1. The van der Waals surface area contributed by atoms with Crippen LogP contribution in [0.3, 0.4) is 0 Å². The third-order valence-corrected chi connectivity index (χ3v) is 5.49. The number of rotatable bonds is 4. The molecule has 4 heteroatoms. The maximum absolute atomic E-state index is 13.5. The molecule has 0 spiro atoms. The number of halogens is 2. The van der Waals surface area contributed by atoms with Crippen LogP contribution in [0, 0.1) is 11.7 Å². The Labute approximate surface area is 131 Å². The molecule has 1 aromatic carbocycles. The first-order valence-corrected chi connectivity index (χ1v) is 8.32. The summed E-state index contributed by atoms with van der Waals surface area (Å²) in [7, 11) is 0. The van der Waals surface area contributed by atoms with Gasteiger partial charge in [-0.05, 0) is 55.9 Å². The normalized spacial score (nSPS) is 30.6. The summed E-state index contributed by atoms with van der Waals surface area (Å²) in [5.41, 5.74) is 1.10. The van der Waals surface area contributed by atoms with E-state index in [1.54, 1.807) is 12.1 Å². The van der Waals surface area contributed by atoms with Crippen molar-refractivity contribution in [1.29, 1.82) is 0 Å². The SMILES string of the molecule is CCC1CNC(C)(C2CC2)CN1Cc1cc(F)ccc1Cl. The van der Waals surface area contributed by atoms with Gasteiger partial charge in [0.25, 0.3) is 0 Å². The fourth-order valence-corrected chi connectivity index (χ4v) is 3.73. The Kier molecular flexibility index (Phi) is 4.26. The molecule has 116 valence electrons. The number of benzene rings is 1. The fourth-order valence-electron chi connectivity index (χ4n) is 3.55. The summed E-state index contributed by atoms with van der Waals surface area (Å²) < 4.78 is 13.5. The van der Waals surface area contributed by atoms with Gasteiger partial charge < -0.3 is 5.32 Å². The van der Waals surface area contributed by atoms with Crippen molar-refractivity contribution in [2.45, 2.75) is 51.2 Å². The minimum absolute atomic E-state index is 0.200. The molecule has 0 aromatic heterocycles. The Balaban J connectivity index is 1.78. The summed E-state index contributed by atoms with van der Waals surface area (Å²) in [4.78, 5) is 2.48. The van der Waals surface area contributed by atoms with Crippen molar-refractivity contribution in [1.82, 2.24) is 10.2 Å². The van der Waals surface area contributed by atoms with Crippen LogP contribution in [0.4, 0.5) is 4.39 Å². The van der Waals surface area contributed by atoms with Crippen molar-refractivity contribution >= 4 is 11.6 Å². The third-order valence-electron chi connectivity index (χ3n) is 5.12. The molecule has 1 aliphatic heterocycles. The van der Waals surface area contributed by atoms with Gasteiger partial charge in [-0.3, -0.25) is 4.90 Å². The van der Waals surface area contributed by atoms with Gasteiger partial charge >= 0.3 is 0 Å². The van der Waals surface area contributed by atoms with Gasteiger partial charge in [0.1, 0.15) is 5.82 Å². The second kappa shape index (κ2) is 5.86. The van der Waals surface area contributed by atoms with Crippen LogP contribution in [-0.4, -0.2) is 29.6 Å². The largest absolute Gasteiger partial charge is 0.308 e. The number of hydrogen-bond acceptors (Lipinski definition) is 2. The zero-order valence-electron chi connectivity index (χ0n) is 12.8. The third kappa shape index (κ3) is 3.25. The standard InChI is InChI=1S/C17H24ClFN2/c1-3-15-9-20-17(2,13-4-5-13)11-21(15)10-12-8-14(19)6-7-16(12)18/h6-8,13,15,20H,3-5,9-11H2,1-2H3. The lowest BCUT2D eigenvalue weighted by atomic mass is 9.90. The van der Waals surface area contributed by atoms with Gasteiger partial charge in [-0.1, -0.05) is 18.5 Å². The molecule has 1 saturated carbocycles. The second-order valence-corrected chi connectivity index (χ2v) is 7.18. The molecule has 1 aliphatic carbocycles. The van der Waals surface area contributed by atoms with E-state index >= 15 is 0 Å². The molecular weight excluding hydrogens is 287 g/mol. The minimum atomic E-state index is -0.206. The Morgan fingerprint density at radius 1 is 1.43 bits per heavy atom. The lowest BCUT2D eigenvalue weighted by Gasteiger charge is -2.46.